The fraction of sp³-hybridized carbons (Fsp3) is 0.500. The van der Waals surface area contributed by atoms with Crippen LogP contribution in [0, 0.1) is 0 Å². The number of nitrogens with two attached hydrogens (primary N) is 1. The van der Waals surface area contributed by atoms with Crippen molar-refractivity contribution < 1.29 is 4.79 Å². The van der Waals surface area contributed by atoms with Crippen molar-refractivity contribution in [2.24, 2.45) is 5.73 Å². The molecule has 0 bridgehead atoms. The van der Waals surface area contributed by atoms with Gasteiger partial charge in [-0.05, 0) is 48.8 Å². The average molecular weight is 450 g/mol. The molecular weight excluding hydrogens is 421 g/mol. The standard InChI is InChI=1S/C22H27N5O.2ClH/c1-14-2-4-18-20(14)21(26-13-25-18)27-8-6-22(7-9-27)12-24-17-5-3-15(10-16(17)22)11-19(23)28;;/h3,5,10,13-14,24H,2,4,6-9,11-12H2,1H3,(H2,23,28);2*1H. The SMILES string of the molecule is CC1CCc2ncnc(N3CCC4(CC3)CNc3ccc(CC(N)=O)cc34)c21.Cl.Cl. The molecule has 3 N–H and O–H groups in total. The molecule has 30 heavy (non-hydrogen) atoms. The van der Waals surface area contributed by atoms with E-state index in [0.29, 0.717) is 12.3 Å². The zero-order chi connectivity index (χ0) is 19.3. The number of nitrogens with zero attached hydrogens (tertiary/aromatic N) is 3. The first-order valence-electron chi connectivity index (χ1n) is 10.3. The predicted molar refractivity (Wildman–Crippen MR) is 124 cm³/mol. The van der Waals surface area contributed by atoms with Crippen LogP contribution in [-0.2, 0) is 23.1 Å². The van der Waals surface area contributed by atoms with Gasteiger partial charge in [-0.3, -0.25) is 4.79 Å². The van der Waals surface area contributed by atoms with Crippen LogP contribution < -0.4 is 16.0 Å². The Kier molecular flexibility index (Phi) is 6.48. The molecule has 1 aromatic heterocycles. The number of halogens is 2. The molecule has 0 radical (unpaired) electrons. The number of anilines is 2. The first-order valence-corrected chi connectivity index (χ1v) is 10.3. The van der Waals surface area contributed by atoms with Gasteiger partial charge in [-0.15, -0.1) is 24.8 Å². The first kappa shape index (κ1) is 22.6. The van der Waals surface area contributed by atoms with Gasteiger partial charge in [-0.1, -0.05) is 19.1 Å². The summed E-state index contributed by atoms with van der Waals surface area (Å²) in [6.07, 6.45) is 6.46. The van der Waals surface area contributed by atoms with Gasteiger partial charge in [0.15, 0.2) is 0 Å². The van der Waals surface area contributed by atoms with Gasteiger partial charge in [-0.25, -0.2) is 9.97 Å². The summed E-state index contributed by atoms with van der Waals surface area (Å²) < 4.78 is 0. The van der Waals surface area contributed by atoms with Crippen molar-refractivity contribution >= 4 is 42.2 Å². The molecule has 5 rings (SSSR count). The fourth-order valence-electron chi connectivity index (χ4n) is 5.32. The molecule has 3 aliphatic rings. The van der Waals surface area contributed by atoms with E-state index in [1.165, 1.54) is 28.9 Å². The van der Waals surface area contributed by atoms with Crippen molar-refractivity contribution in [1.29, 1.82) is 0 Å². The third kappa shape index (κ3) is 3.71. The Bertz CT molecular complexity index is 943. The molecule has 1 aliphatic carbocycles. The third-order valence-corrected chi connectivity index (χ3v) is 6.92. The van der Waals surface area contributed by atoms with Crippen LogP contribution in [0.5, 0.6) is 0 Å². The molecular formula is C22H29Cl2N5O. The monoisotopic (exact) mass is 449 g/mol. The van der Waals surface area contributed by atoms with Gasteiger partial charge in [0.2, 0.25) is 5.91 Å². The Morgan fingerprint density at radius 2 is 2.03 bits per heavy atom. The number of nitrogens with one attached hydrogen (secondary N) is 1. The number of amides is 1. The molecule has 3 heterocycles. The summed E-state index contributed by atoms with van der Waals surface area (Å²) in [6, 6.07) is 6.31. The third-order valence-electron chi connectivity index (χ3n) is 6.92. The van der Waals surface area contributed by atoms with Crippen LogP contribution in [0.1, 0.15) is 54.5 Å². The van der Waals surface area contributed by atoms with Crippen molar-refractivity contribution in [3.8, 4) is 0 Å². The van der Waals surface area contributed by atoms with Gasteiger partial charge in [0, 0.05) is 42.0 Å². The number of benzene rings is 1. The maximum atomic E-state index is 11.3. The predicted octanol–water partition coefficient (Wildman–Crippen LogP) is 3.36. The fourth-order valence-corrected chi connectivity index (χ4v) is 5.32. The average Bonchev–Trinajstić information content (AvgIpc) is 3.24. The summed E-state index contributed by atoms with van der Waals surface area (Å²) >= 11 is 0. The van der Waals surface area contributed by atoms with Crippen molar-refractivity contribution in [3.63, 3.8) is 0 Å². The van der Waals surface area contributed by atoms with Crippen molar-refractivity contribution in [3.05, 3.63) is 46.9 Å². The summed E-state index contributed by atoms with van der Waals surface area (Å²) in [5.74, 6) is 1.42. The van der Waals surface area contributed by atoms with Crippen LogP contribution in [0.4, 0.5) is 11.5 Å². The van der Waals surface area contributed by atoms with E-state index in [4.69, 9.17) is 5.73 Å². The highest BCUT2D eigenvalue weighted by Gasteiger charge is 2.42. The normalized spacial score (nSPS) is 20.6. The maximum absolute atomic E-state index is 11.3. The molecule has 1 aromatic carbocycles. The molecule has 6 nitrogen and oxygen atoms in total. The second kappa shape index (κ2) is 8.60. The van der Waals surface area contributed by atoms with Crippen molar-refractivity contribution in [2.45, 2.75) is 50.4 Å². The van der Waals surface area contributed by atoms with E-state index in [0.717, 1.165) is 50.3 Å². The number of hydrogen-bond donors (Lipinski definition) is 2. The lowest BCUT2D eigenvalue weighted by atomic mass is 9.74. The molecule has 2 aliphatic heterocycles. The van der Waals surface area contributed by atoms with Crippen LogP contribution in [0.2, 0.25) is 0 Å². The topological polar surface area (TPSA) is 84.1 Å². The van der Waals surface area contributed by atoms with Gasteiger partial charge in [0.1, 0.15) is 12.1 Å². The van der Waals surface area contributed by atoms with Gasteiger partial charge in [-0.2, -0.15) is 0 Å². The zero-order valence-electron chi connectivity index (χ0n) is 17.2. The smallest absolute Gasteiger partial charge is 0.221 e. The van der Waals surface area contributed by atoms with Crippen LogP contribution in [-0.4, -0.2) is 35.5 Å². The largest absolute Gasteiger partial charge is 0.384 e. The summed E-state index contributed by atoms with van der Waals surface area (Å²) in [4.78, 5) is 23.0. The van der Waals surface area contributed by atoms with E-state index in [-0.39, 0.29) is 36.1 Å². The summed E-state index contributed by atoms with van der Waals surface area (Å²) in [5.41, 5.74) is 11.7. The molecule has 8 heteroatoms. The number of carbonyl (C=O) groups is 1. The van der Waals surface area contributed by atoms with Crippen molar-refractivity contribution in [2.75, 3.05) is 29.9 Å². The lowest BCUT2D eigenvalue weighted by Gasteiger charge is -2.40. The molecule has 1 fully saturated rings. The molecule has 1 atom stereocenters. The Labute approximate surface area is 189 Å². The number of primary amides is 1. The first-order chi connectivity index (χ1) is 13.6. The van der Waals surface area contributed by atoms with E-state index < -0.39 is 0 Å². The van der Waals surface area contributed by atoms with Crippen LogP contribution in [0.25, 0.3) is 0 Å². The van der Waals surface area contributed by atoms with E-state index in [1.54, 1.807) is 6.33 Å². The number of hydrogen-bond acceptors (Lipinski definition) is 5. The van der Waals surface area contributed by atoms with E-state index in [9.17, 15) is 4.79 Å². The van der Waals surface area contributed by atoms with Gasteiger partial charge >= 0.3 is 0 Å². The van der Waals surface area contributed by atoms with Gasteiger partial charge in [0.05, 0.1) is 6.42 Å². The summed E-state index contributed by atoms with van der Waals surface area (Å²) in [6.45, 7) is 5.25. The highest BCUT2D eigenvalue weighted by molar-refractivity contribution is 5.85. The number of rotatable bonds is 3. The number of aryl methyl sites for hydroxylation is 1. The van der Waals surface area contributed by atoms with Crippen LogP contribution in [0.15, 0.2) is 24.5 Å². The minimum absolute atomic E-state index is 0. The number of carbonyl (C=O) groups excluding carboxylic acids is 1. The molecule has 2 aromatic rings. The molecule has 1 spiro atoms. The quantitative estimate of drug-likeness (QED) is 0.749. The molecule has 1 amide bonds. The molecule has 0 saturated carbocycles. The second-order valence-electron chi connectivity index (χ2n) is 8.64. The highest BCUT2D eigenvalue weighted by atomic mass is 35.5. The Morgan fingerprint density at radius 3 is 2.77 bits per heavy atom. The minimum atomic E-state index is -0.276. The zero-order valence-corrected chi connectivity index (χ0v) is 18.8. The maximum Gasteiger partial charge on any atom is 0.221 e. The van der Waals surface area contributed by atoms with Crippen molar-refractivity contribution in [1.82, 2.24) is 9.97 Å². The molecule has 1 saturated heterocycles. The number of piperidine rings is 1. The summed E-state index contributed by atoms with van der Waals surface area (Å²) in [7, 11) is 0. The number of fused-ring (bicyclic) bond motifs is 3. The Morgan fingerprint density at radius 1 is 1.27 bits per heavy atom. The van der Waals surface area contributed by atoms with Crippen LogP contribution >= 0.6 is 24.8 Å². The Hall–Kier alpha value is -2.05. The molecule has 162 valence electrons. The minimum Gasteiger partial charge on any atom is -0.384 e. The number of aromatic nitrogens is 2. The highest BCUT2D eigenvalue weighted by Crippen LogP contribution is 2.46. The summed E-state index contributed by atoms with van der Waals surface area (Å²) in [5, 5.41) is 3.58. The lowest BCUT2D eigenvalue weighted by Crippen LogP contribution is -2.44. The van der Waals surface area contributed by atoms with Gasteiger partial charge in [0.25, 0.3) is 0 Å². The van der Waals surface area contributed by atoms with Crippen LogP contribution in [0.3, 0.4) is 0 Å². The lowest BCUT2D eigenvalue weighted by molar-refractivity contribution is -0.117. The van der Waals surface area contributed by atoms with Gasteiger partial charge < -0.3 is 16.0 Å². The Balaban J connectivity index is 0.00000128. The van der Waals surface area contributed by atoms with E-state index in [1.807, 2.05) is 6.07 Å². The molecule has 1 unspecified atom stereocenters. The van der Waals surface area contributed by atoms with E-state index >= 15 is 0 Å². The second-order valence-corrected chi connectivity index (χ2v) is 8.64. The van der Waals surface area contributed by atoms with E-state index in [2.05, 4.69) is 39.2 Å².